The second-order valence-corrected chi connectivity index (χ2v) is 3.15. The van der Waals surface area contributed by atoms with Gasteiger partial charge in [0.2, 0.25) is 0 Å². The Labute approximate surface area is 78.7 Å². The van der Waals surface area contributed by atoms with Gasteiger partial charge in [-0.1, -0.05) is 0 Å². The lowest BCUT2D eigenvalue weighted by Crippen LogP contribution is -2.04. The van der Waals surface area contributed by atoms with E-state index in [0.29, 0.717) is 6.42 Å². The van der Waals surface area contributed by atoms with Crippen LogP contribution >= 0.6 is 0 Å². The van der Waals surface area contributed by atoms with E-state index in [4.69, 9.17) is 5.26 Å². The Kier molecular flexibility index (Phi) is 3.27. The number of nitrogens with zero attached hydrogens (tertiary/aromatic N) is 3. The lowest BCUT2D eigenvalue weighted by atomic mass is 10.1. The second kappa shape index (κ2) is 4.46. The fourth-order valence-electron chi connectivity index (χ4n) is 1.18. The smallest absolute Gasteiger partial charge is 0.0774 e. The highest BCUT2D eigenvalue weighted by Crippen LogP contribution is 2.15. The van der Waals surface area contributed by atoms with Crippen LogP contribution in [0.1, 0.15) is 12.8 Å². The molecule has 0 spiro atoms. The molecule has 1 aliphatic heterocycles. The van der Waals surface area contributed by atoms with Gasteiger partial charge >= 0.3 is 0 Å². The lowest BCUT2D eigenvalue weighted by Gasteiger charge is -2.10. The Hall–Kier alpha value is -1.56. The van der Waals surface area contributed by atoms with E-state index in [1.807, 2.05) is 37.5 Å². The number of rotatable bonds is 2. The molecule has 3 heteroatoms. The number of allylic oxidation sites excluding steroid dienone is 3. The summed E-state index contributed by atoms with van der Waals surface area (Å²) in [6.07, 6.45) is 7.11. The van der Waals surface area contributed by atoms with Crippen molar-refractivity contribution in [1.29, 1.82) is 5.26 Å². The predicted molar refractivity (Wildman–Crippen MR) is 53.2 cm³/mol. The maximum Gasteiger partial charge on any atom is 0.0774 e. The molecule has 0 bridgehead atoms. The zero-order valence-electron chi connectivity index (χ0n) is 7.99. The molecule has 0 amide bonds. The van der Waals surface area contributed by atoms with Gasteiger partial charge in [-0.25, -0.2) is 0 Å². The van der Waals surface area contributed by atoms with Crippen LogP contribution in [0, 0.1) is 11.3 Å². The molecule has 3 nitrogen and oxygen atoms in total. The summed E-state index contributed by atoms with van der Waals surface area (Å²) >= 11 is 0. The third-order valence-corrected chi connectivity index (χ3v) is 1.62. The minimum atomic E-state index is 0.390. The highest BCUT2D eigenvalue weighted by atomic mass is 15.0. The van der Waals surface area contributed by atoms with Crippen molar-refractivity contribution in [2.45, 2.75) is 12.8 Å². The van der Waals surface area contributed by atoms with Crippen molar-refractivity contribution in [2.24, 2.45) is 4.99 Å². The van der Waals surface area contributed by atoms with Gasteiger partial charge in [0.15, 0.2) is 0 Å². The first-order valence-corrected chi connectivity index (χ1v) is 4.19. The third-order valence-electron chi connectivity index (χ3n) is 1.62. The Bertz CT molecular complexity index is 303. The topological polar surface area (TPSA) is 39.4 Å². The molecule has 0 aliphatic carbocycles. The van der Waals surface area contributed by atoms with Crippen molar-refractivity contribution in [3.63, 3.8) is 0 Å². The average Bonchev–Trinajstić information content (AvgIpc) is 2.04. The summed E-state index contributed by atoms with van der Waals surface area (Å²) in [5.41, 5.74) is 2.05. The highest BCUT2D eigenvalue weighted by molar-refractivity contribution is 5.66. The van der Waals surface area contributed by atoms with E-state index in [0.717, 1.165) is 12.1 Å². The van der Waals surface area contributed by atoms with Crippen molar-refractivity contribution in [2.75, 3.05) is 14.1 Å². The van der Waals surface area contributed by atoms with Crippen molar-refractivity contribution >= 4 is 6.21 Å². The van der Waals surface area contributed by atoms with E-state index in [1.54, 1.807) is 0 Å². The van der Waals surface area contributed by atoms with Crippen molar-refractivity contribution < 1.29 is 0 Å². The second-order valence-electron chi connectivity index (χ2n) is 3.15. The summed E-state index contributed by atoms with van der Waals surface area (Å²) in [5, 5.41) is 8.49. The number of hydrogen-bond acceptors (Lipinski definition) is 3. The maximum atomic E-state index is 8.49. The van der Waals surface area contributed by atoms with Crippen molar-refractivity contribution in [3.8, 4) is 6.07 Å². The van der Waals surface area contributed by atoms with Gasteiger partial charge in [-0.05, 0) is 11.6 Å². The van der Waals surface area contributed by atoms with Gasteiger partial charge in [0.1, 0.15) is 0 Å². The van der Waals surface area contributed by atoms with Crippen LogP contribution in [-0.2, 0) is 0 Å². The molecule has 0 saturated carbocycles. The van der Waals surface area contributed by atoms with Gasteiger partial charge in [0.05, 0.1) is 18.2 Å². The first-order valence-electron chi connectivity index (χ1n) is 4.19. The average molecular weight is 175 g/mol. The van der Waals surface area contributed by atoms with Gasteiger partial charge in [-0.3, -0.25) is 4.99 Å². The predicted octanol–water partition coefficient (Wildman–Crippen LogP) is 1.70. The molecule has 1 aliphatic rings. The van der Waals surface area contributed by atoms with Gasteiger partial charge in [-0.15, -0.1) is 0 Å². The summed E-state index contributed by atoms with van der Waals surface area (Å²) in [4.78, 5) is 6.13. The van der Waals surface area contributed by atoms with Crippen molar-refractivity contribution in [1.82, 2.24) is 4.90 Å². The highest BCUT2D eigenvalue weighted by Gasteiger charge is 2.02. The molecule has 0 unspecified atom stereocenters. The number of nitriles is 1. The first kappa shape index (κ1) is 9.53. The molecule has 0 radical (unpaired) electrons. The van der Waals surface area contributed by atoms with Gasteiger partial charge in [0, 0.05) is 32.9 Å². The number of hydrogen-bond donors (Lipinski definition) is 0. The normalized spacial score (nSPS) is 18.2. The van der Waals surface area contributed by atoms with Crippen LogP contribution in [0.15, 0.2) is 28.5 Å². The lowest BCUT2D eigenvalue weighted by molar-refractivity contribution is 0.559. The van der Waals surface area contributed by atoms with E-state index >= 15 is 0 Å². The van der Waals surface area contributed by atoms with E-state index in [9.17, 15) is 0 Å². The van der Waals surface area contributed by atoms with Crippen LogP contribution < -0.4 is 0 Å². The first-order chi connectivity index (χ1) is 6.22. The molecular weight excluding hydrogens is 162 g/mol. The zero-order chi connectivity index (χ0) is 9.68. The standard InChI is InChI=1S/C10H13N3/c1-13(2)8-9-4-6-12-10(7-9)3-5-11/h6-8H,3-4H2,1-2H3. The Morgan fingerprint density at radius 1 is 1.69 bits per heavy atom. The SMILES string of the molecule is CN(C)C=C1C=C(CC#N)N=CC1. The summed E-state index contributed by atoms with van der Waals surface area (Å²) < 4.78 is 0. The van der Waals surface area contributed by atoms with Crippen LogP contribution in [0.3, 0.4) is 0 Å². The Morgan fingerprint density at radius 3 is 3.08 bits per heavy atom. The largest absolute Gasteiger partial charge is 0.383 e. The van der Waals surface area contributed by atoms with Crippen LogP contribution in [0.2, 0.25) is 0 Å². The number of aliphatic imine (C=N–C) groups is 1. The summed E-state index contributed by atoms with van der Waals surface area (Å²) in [7, 11) is 3.97. The fourth-order valence-corrected chi connectivity index (χ4v) is 1.18. The molecule has 0 fully saturated rings. The summed E-state index contributed by atoms with van der Waals surface area (Å²) in [5.74, 6) is 0. The molecule has 1 heterocycles. The quantitative estimate of drug-likeness (QED) is 0.640. The van der Waals surface area contributed by atoms with E-state index in [-0.39, 0.29) is 0 Å². The summed E-state index contributed by atoms with van der Waals surface area (Å²) in [6.45, 7) is 0. The zero-order valence-corrected chi connectivity index (χ0v) is 7.99. The van der Waals surface area contributed by atoms with Crippen LogP contribution in [0.4, 0.5) is 0 Å². The van der Waals surface area contributed by atoms with Crippen LogP contribution in [-0.4, -0.2) is 25.2 Å². The minimum absolute atomic E-state index is 0.390. The van der Waals surface area contributed by atoms with Gasteiger partial charge in [-0.2, -0.15) is 5.26 Å². The fraction of sp³-hybridized carbons (Fsp3) is 0.400. The van der Waals surface area contributed by atoms with Crippen LogP contribution in [0.25, 0.3) is 0 Å². The van der Waals surface area contributed by atoms with Crippen molar-refractivity contribution in [3.05, 3.63) is 23.5 Å². The Morgan fingerprint density at radius 2 is 2.46 bits per heavy atom. The molecule has 0 aromatic carbocycles. The van der Waals surface area contributed by atoms with Gasteiger partial charge in [0.25, 0.3) is 0 Å². The van der Waals surface area contributed by atoms with E-state index in [2.05, 4.69) is 11.1 Å². The Balaban J connectivity index is 2.73. The van der Waals surface area contributed by atoms with Crippen LogP contribution in [0.5, 0.6) is 0 Å². The minimum Gasteiger partial charge on any atom is -0.383 e. The monoisotopic (exact) mass is 175 g/mol. The van der Waals surface area contributed by atoms with E-state index in [1.165, 1.54) is 5.57 Å². The molecule has 0 N–H and O–H groups in total. The molecule has 0 atom stereocenters. The molecule has 0 aromatic heterocycles. The molecule has 0 aromatic rings. The molecular formula is C10H13N3. The van der Waals surface area contributed by atoms with Gasteiger partial charge < -0.3 is 4.90 Å². The molecule has 0 saturated heterocycles. The molecule has 1 rings (SSSR count). The summed E-state index contributed by atoms with van der Waals surface area (Å²) in [6, 6.07) is 2.09. The van der Waals surface area contributed by atoms with E-state index < -0.39 is 0 Å². The third kappa shape index (κ3) is 3.12. The molecule has 68 valence electrons. The maximum absolute atomic E-state index is 8.49. The molecule has 13 heavy (non-hydrogen) atoms.